The van der Waals surface area contributed by atoms with E-state index >= 15 is 0 Å². The van der Waals surface area contributed by atoms with E-state index in [1.807, 2.05) is 6.92 Å². The molecule has 1 aliphatic heterocycles. The summed E-state index contributed by atoms with van der Waals surface area (Å²) in [6.07, 6.45) is -4.45. The van der Waals surface area contributed by atoms with Gasteiger partial charge in [0.05, 0.1) is 17.9 Å². The molecule has 174 valence electrons. The highest BCUT2D eigenvalue weighted by Crippen LogP contribution is 2.41. The molecule has 0 amide bonds. The molecule has 1 aromatic carbocycles. The number of nitrogens with two attached hydrogens (primary N) is 1. The maximum atomic E-state index is 14.7. The quantitative estimate of drug-likeness (QED) is 0.543. The third kappa shape index (κ3) is 4.59. The number of nitrogens with one attached hydrogen (secondary N) is 1. The number of nitrogens with zero attached hydrogens (tertiary/aromatic N) is 4. The van der Waals surface area contributed by atoms with Crippen LogP contribution in [0.4, 0.5) is 23.4 Å². The molecule has 3 aromatic rings. The Hall–Kier alpha value is -3.70. The lowest BCUT2D eigenvalue weighted by Crippen LogP contribution is -2.46. The Morgan fingerprint density at radius 2 is 1.97 bits per heavy atom. The van der Waals surface area contributed by atoms with E-state index in [2.05, 4.69) is 30.2 Å². The van der Waals surface area contributed by atoms with Crippen LogP contribution >= 0.6 is 0 Å². The van der Waals surface area contributed by atoms with E-state index < -0.39 is 36.1 Å². The van der Waals surface area contributed by atoms with Gasteiger partial charge in [0.15, 0.2) is 11.9 Å². The molecule has 0 saturated heterocycles. The molecule has 0 bridgehead atoms. The highest BCUT2D eigenvalue weighted by molar-refractivity contribution is 5.73. The third-order valence-corrected chi connectivity index (χ3v) is 5.18. The van der Waals surface area contributed by atoms with Gasteiger partial charge < -0.3 is 20.3 Å². The number of amidine groups is 1. The van der Waals surface area contributed by atoms with Gasteiger partial charge in [0.1, 0.15) is 23.0 Å². The van der Waals surface area contributed by atoms with Gasteiger partial charge in [0.25, 0.3) is 6.02 Å². The first-order valence-corrected chi connectivity index (χ1v) is 10.0. The summed E-state index contributed by atoms with van der Waals surface area (Å²) in [6, 6.07) is 4.86. The van der Waals surface area contributed by atoms with Crippen LogP contribution in [0.2, 0.25) is 0 Å². The van der Waals surface area contributed by atoms with Gasteiger partial charge in [-0.3, -0.25) is 0 Å². The number of rotatable bonds is 5. The summed E-state index contributed by atoms with van der Waals surface area (Å²) in [6.45, 7) is 4.00. The van der Waals surface area contributed by atoms with Crippen LogP contribution in [0.3, 0.4) is 0 Å². The fourth-order valence-corrected chi connectivity index (χ4v) is 3.57. The van der Waals surface area contributed by atoms with Crippen molar-refractivity contribution in [3.8, 4) is 22.7 Å². The van der Waals surface area contributed by atoms with Gasteiger partial charge in [-0.05, 0) is 32.0 Å². The fourth-order valence-electron chi connectivity index (χ4n) is 3.57. The lowest BCUT2D eigenvalue weighted by atomic mass is 9.84. The zero-order valence-electron chi connectivity index (χ0n) is 17.7. The minimum absolute atomic E-state index is 0.0757. The number of hydrogen-bond acceptors (Lipinski definition) is 8. The molecular weight excluding hydrogens is 444 g/mol. The minimum atomic E-state index is -4.68. The van der Waals surface area contributed by atoms with E-state index in [-0.39, 0.29) is 11.3 Å². The van der Waals surface area contributed by atoms with E-state index in [4.69, 9.17) is 10.3 Å². The molecule has 12 heteroatoms. The summed E-state index contributed by atoms with van der Waals surface area (Å²) in [7, 11) is 0. The first-order chi connectivity index (χ1) is 15.6. The second-order valence-corrected chi connectivity index (χ2v) is 7.66. The Balaban J connectivity index is 1.66. The lowest BCUT2D eigenvalue weighted by molar-refractivity contribution is -0.208. The maximum Gasteiger partial charge on any atom is 0.425 e. The average molecular weight is 464 g/mol. The number of alkyl halides is 3. The second kappa shape index (κ2) is 8.34. The molecular formula is C21H20F4N6O2. The number of halogens is 4. The van der Waals surface area contributed by atoms with E-state index in [0.717, 1.165) is 6.07 Å². The van der Waals surface area contributed by atoms with Gasteiger partial charge in [-0.2, -0.15) is 13.2 Å². The SMILES string of the molecule is CCNc1cnc(-c2cc(-c3ccc(F)c([C@]4(C)C[C@@H](C(F)(F)F)OC(N)=N4)c3)on2)cn1. The van der Waals surface area contributed by atoms with Crippen molar-refractivity contribution in [2.24, 2.45) is 10.7 Å². The summed E-state index contributed by atoms with van der Waals surface area (Å²) >= 11 is 0. The maximum absolute atomic E-state index is 14.7. The van der Waals surface area contributed by atoms with Crippen molar-refractivity contribution in [2.75, 3.05) is 11.9 Å². The molecule has 0 fully saturated rings. The smallest absolute Gasteiger partial charge is 0.425 e. The predicted molar refractivity (Wildman–Crippen MR) is 112 cm³/mol. The fraction of sp³-hybridized carbons (Fsp3) is 0.333. The van der Waals surface area contributed by atoms with E-state index in [1.165, 1.54) is 25.3 Å². The summed E-state index contributed by atoms with van der Waals surface area (Å²) in [4.78, 5) is 12.5. The van der Waals surface area contributed by atoms with Gasteiger partial charge >= 0.3 is 6.18 Å². The molecule has 2 atom stereocenters. The standard InChI is InChI=1S/C21H20F4N6O2/c1-3-27-18-10-28-15(9-29-18)14-7-16(33-31-14)11-4-5-13(22)12(6-11)20(2)8-17(21(23,24)25)32-19(26)30-20/h4-7,9-10,17H,3,8H2,1-2H3,(H2,26,30)(H,27,29)/t17-,20-/m0/s1. The molecule has 0 spiro atoms. The van der Waals surface area contributed by atoms with Crippen LogP contribution in [0.25, 0.3) is 22.7 Å². The number of aromatic nitrogens is 3. The molecule has 33 heavy (non-hydrogen) atoms. The van der Waals surface area contributed by atoms with Gasteiger partial charge in [0, 0.05) is 30.2 Å². The topological polar surface area (TPSA) is 111 Å². The molecule has 0 saturated carbocycles. The zero-order chi connectivity index (χ0) is 23.8. The van der Waals surface area contributed by atoms with Crippen molar-refractivity contribution in [1.29, 1.82) is 0 Å². The Morgan fingerprint density at radius 3 is 2.64 bits per heavy atom. The van der Waals surface area contributed by atoms with Crippen molar-refractivity contribution in [3.05, 3.63) is 48.0 Å². The second-order valence-electron chi connectivity index (χ2n) is 7.66. The van der Waals surface area contributed by atoms with Crippen molar-refractivity contribution >= 4 is 11.8 Å². The van der Waals surface area contributed by atoms with Crippen molar-refractivity contribution in [3.63, 3.8) is 0 Å². The van der Waals surface area contributed by atoms with Gasteiger partial charge in [-0.1, -0.05) is 5.16 Å². The van der Waals surface area contributed by atoms with Crippen LogP contribution in [-0.2, 0) is 10.3 Å². The largest absolute Gasteiger partial charge is 0.452 e. The first-order valence-electron chi connectivity index (χ1n) is 10.0. The summed E-state index contributed by atoms with van der Waals surface area (Å²) in [5.41, 5.74) is 5.06. The van der Waals surface area contributed by atoms with Crippen LogP contribution in [-0.4, -0.2) is 40.0 Å². The average Bonchev–Trinajstić information content (AvgIpc) is 3.24. The number of anilines is 1. The molecule has 4 rings (SSSR count). The Bertz CT molecular complexity index is 1180. The molecule has 8 nitrogen and oxygen atoms in total. The Labute approximate surface area is 185 Å². The summed E-state index contributed by atoms with van der Waals surface area (Å²) in [5.74, 6) is 0.142. The molecule has 0 radical (unpaired) electrons. The van der Waals surface area contributed by atoms with Gasteiger partial charge in [-0.25, -0.2) is 19.4 Å². The number of aliphatic imine (C=N–C) groups is 1. The van der Waals surface area contributed by atoms with Crippen LogP contribution in [0.5, 0.6) is 0 Å². The molecule has 3 N–H and O–H groups in total. The van der Waals surface area contributed by atoms with Crippen molar-refractivity contribution in [1.82, 2.24) is 15.1 Å². The normalized spacial score (nSPS) is 20.8. The molecule has 0 unspecified atom stereocenters. The highest BCUT2D eigenvalue weighted by atomic mass is 19.4. The Morgan fingerprint density at radius 1 is 1.18 bits per heavy atom. The number of hydrogen-bond donors (Lipinski definition) is 2. The van der Waals surface area contributed by atoms with Crippen molar-refractivity contribution < 1.29 is 26.8 Å². The Kier molecular flexibility index (Phi) is 5.68. The molecule has 3 heterocycles. The molecule has 1 aliphatic rings. The summed E-state index contributed by atoms with van der Waals surface area (Å²) < 4.78 is 64.6. The summed E-state index contributed by atoms with van der Waals surface area (Å²) in [5, 5.41) is 7.00. The third-order valence-electron chi connectivity index (χ3n) is 5.18. The molecule has 0 aliphatic carbocycles. The van der Waals surface area contributed by atoms with Gasteiger partial charge in [-0.15, -0.1) is 0 Å². The van der Waals surface area contributed by atoms with E-state index in [1.54, 1.807) is 12.3 Å². The monoisotopic (exact) mass is 464 g/mol. The zero-order valence-corrected chi connectivity index (χ0v) is 17.7. The van der Waals surface area contributed by atoms with Gasteiger partial charge in [0.2, 0.25) is 0 Å². The molecule has 2 aromatic heterocycles. The van der Waals surface area contributed by atoms with Crippen LogP contribution in [0, 0.1) is 5.82 Å². The minimum Gasteiger partial charge on any atom is -0.452 e. The lowest BCUT2D eigenvalue weighted by Gasteiger charge is -2.36. The van der Waals surface area contributed by atoms with Crippen LogP contribution in [0.15, 0.2) is 46.2 Å². The number of ether oxygens (including phenoxy) is 1. The van der Waals surface area contributed by atoms with Crippen LogP contribution < -0.4 is 11.1 Å². The van der Waals surface area contributed by atoms with Crippen molar-refractivity contribution in [2.45, 2.75) is 38.1 Å². The van der Waals surface area contributed by atoms with E-state index in [0.29, 0.717) is 29.3 Å². The van der Waals surface area contributed by atoms with Crippen LogP contribution in [0.1, 0.15) is 25.8 Å². The van der Waals surface area contributed by atoms with E-state index in [9.17, 15) is 17.6 Å². The highest BCUT2D eigenvalue weighted by Gasteiger charge is 2.50. The predicted octanol–water partition coefficient (Wildman–Crippen LogP) is 4.25. The number of benzene rings is 1. The first kappa shape index (κ1) is 22.5.